The van der Waals surface area contributed by atoms with Crippen LogP contribution in [0.5, 0.6) is 0 Å². The van der Waals surface area contributed by atoms with Crippen molar-refractivity contribution in [1.82, 2.24) is 14.7 Å². The first-order valence-corrected chi connectivity index (χ1v) is 8.63. The second-order valence-electron chi connectivity index (χ2n) is 6.56. The average Bonchev–Trinajstić information content (AvgIpc) is 2.94. The quantitative estimate of drug-likeness (QED) is 0.863. The van der Waals surface area contributed by atoms with Crippen LogP contribution in [0, 0.1) is 5.92 Å². The summed E-state index contributed by atoms with van der Waals surface area (Å²) in [6.07, 6.45) is 6.86. The number of aromatic nitrogens is 2. The molecule has 1 saturated heterocycles. The first-order valence-electron chi connectivity index (χ1n) is 8.26. The van der Waals surface area contributed by atoms with E-state index in [1.807, 2.05) is 35.1 Å². The van der Waals surface area contributed by atoms with Gasteiger partial charge in [-0.05, 0) is 48.9 Å². The van der Waals surface area contributed by atoms with Crippen LogP contribution in [0.1, 0.15) is 30.7 Å². The van der Waals surface area contributed by atoms with E-state index in [4.69, 9.17) is 11.6 Å². The van der Waals surface area contributed by atoms with Crippen molar-refractivity contribution < 1.29 is 4.79 Å². The summed E-state index contributed by atoms with van der Waals surface area (Å²) in [6, 6.07) is 10.1. The van der Waals surface area contributed by atoms with Crippen LogP contribution >= 0.6 is 11.6 Å². The molecule has 5 heteroatoms. The van der Waals surface area contributed by atoms with E-state index >= 15 is 0 Å². The Labute approximate surface area is 141 Å². The van der Waals surface area contributed by atoms with Crippen molar-refractivity contribution in [2.75, 3.05) is 6.54 Å². The maximum Gasteiger partial charge on any atom is 0.226 e. The molecule has 0 bridgehead atoms. The third-order valence-electron chi connectivity index (χ3n) is 5.00. The second-order valence-corrected chi connectivity index (χ2v) is 7.00. The Morgan fingerprint density at radius 2 is 2.26 bits per heavy atom. The number of nitrogens with zero attached hydrogens (tertiary/aromatic N) is 3. The van der Waals surface area contributed by atoms with Gasteiger partial charge in [-0.25, -0.2) is 0 Å². The number of halogens is 1. The van der Waals surface area contributed by atoms with Gasteiger partial charge in [-0.1, -0.05) is 23.7 Å². The van der Waals surface area contributed by atoms with Crippen LogP contribution in [-0.2, 0) is 11.3 Å². The third kappa shape index (κ3) is 3.00. The number of amides is 1. The highest BCUT2D eigenvalue weighted by atomic mass is 35.5. The number of rotatable bonds is 4. The molecule has 2 aromatic rings. The monoisotopic (exact) mass is 329 g/mol. The summed E-state index contributed by atoms with van der Waals surface area (Å²) >= 11 is 6.07. The Hall–Kier alpha value is -1.81. The molecule has 3 atom stereocenters. The van der Waals surface area contributed by atoms with Gasteiger partial charge in [0, 0.05) is 29.9 Å². The highest BCUT2D eigenvalue weighted by molar-refractivity contribution is 6.30. The summed E-state index contributed by atoms with van der Waals surface area (Å²) in [5.74, 6) is 0.781. The molecule has 1 amide bonds. The van der Waals surface area contributed by atoms with Gasteiger partial charge in [0.25, 0.3) is 0 Å². The van der Waals surface area contributed by atoms with E-state index in [0.717, 1.165) is 37.4 Å². The minimum atomic E-state index is 0.131. The van der Waals surface area contributed by atoms with Crippen molar-refractivity contribution in [2.45, 2.75) is 37.8 Å². The topological polar surface area (TPSA) is 38.1 Å². The molecule has 4 nitrogen and oxygen atoms in total. The zero-order valence-corrected chi connectivity index (χ0v) is 13.7. The first-order chi connectivity index (χ1) is 11.2. The number of carbonyl (C=O) groups excluding carboxylic acids is 1. The summed E-state index contributed by atoms with van der Waals surface area (Å²) in [6.45, 7) is 1.68. The molecular weight excluding hydrogens is 310 g/mol. The molecule has 1 aromatic carbocycles. The van der Waals surface area contributed by atoms with Crippen LogP contribution in [0.15, 0.2) is 42.7 Å². The van der Waals surface area contributed by atoms with Gasteiger partial charge in [-0.15, -0.1) is 0 Å². The molecule has 1 aromatic heterocycles. The Morgan fingerprint density at radius 3 is 3.04 bits per heavy atom. The van der Waals surface area contributed by atoms with E-state index in [9.17, 15) is 4.79 Å². The lowest BCUT2D eigenvalue weighted by Crippen LogP contribution is -2.39. The van der Waals surface area contributed by atoms with E-state index in [2.05, 4.69) is 16.1 Å². The van der Waals surface area contributed by atoms with Crippen molar-refractivity contribution in [3.8, 4) is 0 Å². The van der Waals surface area contributed by atoms with Crippen molar-refractivity contribution in [1.29, 1.82) is 0 Å². The summed E-state index contributed by atoms with van der Waals surface area (Å²) in [5, 5.41) is 5.02. The maximum atomic E-state index is 12.9. The normalized spacial score (nSPS) is 26.5. The average molecular weight is 330 g/mol. The smallest absolute Gasteiger partial charge is 0.226 e. The third-order valence-corrected chi connectivity index (χ3v) is 5.24. The molecule has 3 unspecified atom stereocenters. The fourth-order valence-corrected chi connectivity index (χ4v) is 3.93. The molecule has 1 saturated carbocycles. The van der Waals surface area contributed by atoms with Crippen LogP contribution in [0.25, 0.3) is 0 Å². The van der Waals surface area contributed by atoms with E-state index in [-0.39, 0.29) is 12.0 Å². The summed E-state index contributed by atoms with van der Waals surface area (Å²) < 4.78 is 1.93. The van der Waals surface area contributed by atoms with Gasteiger partial charge in [-0.3, -0.25) is 9.48 Å². The van der Waals surface area contributed by atoms with Crippen molar-refractivity contribution in [3.63, 3.8) is 0 Å². The van der Waals surface area contributed by atoms with Gasteiger partial charge in [0.1, 0.15) is 0 Å². The van der Waals surface area contributed by atoms with Gasteiger partial charge in [0.05, 0.1) is 12.6 Å². The molecule has 0 radical (unpaired) electrons. The summed E-state index contributed by atoms with van der Waals surface area (Å²) in [7, 11) is 0. The molecule has 2 heterocycles. The van der Waals surface area contributed by atoms with Gasteiger partial charge in [0.2, 0.25) is 5.91 Å². The lowest BCUT2D eigenvalue weighted by atomic mass is 10.1. The molecule has 0 spiro atoms. The highest BCUT2D eigenvalue weighted by Gasteiger charge is 2.47. The zero-order valence-electron chi connectivity index (χ0n) is 12.9. The summed E-state index contributed by atoms with van der Waals surface area (Å²) in [4.78, 5) is 15.0. The lowest BCUT2D eigenvalue weighted by Gasteiger charge is -2.25. The molecular formula is C18H20ClN3O. The van der Waals surface area contributed by atoms with Crippen molar-refractivity contribution in [2.24, 2.45) is 5.92 Å². The minimum absolute atomic E-state index is 0.131. The Balaban J connectivity index is 1.43. The Morgan fingerprint density at radius 1 is 1.35 bits per heavy atom. The number of benzene rings is 1. The van der Waals surface area contributed by atoms with E-state index in [0.29, 0.717) is 11.8 Å². The molecule has 23 heavy (non-hydrogen) atoms. The molecule has 1 aliphatic heterocycles. The van der Waals surface area contributed by atoms with Crippen LogP contribution in [-0.4, -0.2) is 33.2 Å². The Kier molecular flexibility index (Phi) is 3.85. The van der Waals surface area contributed by atoms with E-state index < -0.39 is 0 Å². The fraction of sp³-hybridized carbons (Fsp3) is 0.444. The highest BCUT2D eigenvalue weighted by Crippen LogP contribution is 2.49. The van der Waals surface area contributed by atoms with Gasteiger partial charge in [-0.2, -0.15) is 5.10 Å². The van der Waals surface area contributed by atoms with Gasteiger partial charge < -0.3 is 4.90 Å². The summed E-state index contributed by atoms with van der Waals surface area (Å²) in [5.41, 5.74) is 1.19. The fourth-order valence-electron chi connectivity index (χ4n) is 3.73. The standard InChI is InChI=1S/C18H20ClN3O/c19-14-5-1-4-13(10-14)16-11-17(16)18(23)22-9-2-6-15(22)12-21-8-3-7-20-21/h1,3-5,7-8,10,15-17H,2,6,9,11-12H2. The largest absolute Gasteiger partial charge is 0.338 e. The van der Waals surface area contributed by atoms with Gasteiger partial charge in [0.15, 0.2) is 0 Å². The molecule has 4 rings (SSSR count). The SMILES string of the molecule is O=C(C1CC1c1cccc(Cl)c1)N1CCCC1Cn1cccn1. The predicted molar refractivity (Wildman–Crippen MR) is 89.3 cm³/mol. The van der Waals surface area contributed by atoms with Crippen LogP contribution < -0.4 is 0 Å². The lowest BCUT2D eigenvalue weighted by molar-refractivity contribution is -0.133. The van der Waals surface area contributed by atoms with Crippen LogP contribution in [0.2, 0.25) is 5.02 Å². The van der Waals surface area contributed by atoms with E-state index in [1.54, 1.807) is 6.20 Å². The molecule has 0 N–H and O–H groups in total. The molecule has 2 aliphatic rings. The van der Waals surface area contributed by atoms with Crippen molar-refractivity contribution in [3.05, 3.63) is 53.3 Å². The minimum Gasteiger partial charge on any atom is -0.338 e. The number of hydrogen-bond acceptors (Lipinski definition) is 2. The molecule has 1 aliphatic carbocycles. The predicted octanol–water partition coefficient (Wildman–Crippen LogP) is 3.33. The number of hydrogen-bond donors (Lipinski definition) is 0. The molecule has 120 valence electrons. The maximum absolute atomic E-state index is 12.9. The van der Waals surface area contributed by atoms with Crippen LogP contribution in [0.3, 0.4) is 0 Å². The van der Waals surface area contributed by atoms with Crippen molar-refractivity contribution >= 4 is 17.5 Å². The first kappa shape index (κ1) is 14.8. The number of carbonyl (C=O) groups is 1. The van der Waals surface area contributed by atoms with Crippen LogP contribution in [0.4, 0.5) is 0 Å². The zero-order chi connectivity index (χ0) is 15.8. The Bertz CT molecular complexity index is 700. The molecule has 2 fully saturated rings. The second kappa shape index (κ2) is 6.00. The number of likely N-dealkylation sites (tertiary alicyclic amines) is 1. The van der Waals surface area contributed by atoms with Gasteiger partial charge >= 0.3 is 0 Å². The van der Waals surface area contributed by atoms with E-state index in [1.165, 1.54) is 5.56 Å².